The Kier molecular flexibility index (Phi) is 7.00. The van der Waals surface area contributed by atoms with E-state index >= 15 is 0 Å². The maximum atomic E-state index is 13.4. The minimum Gasteiger partial charge on any atom is -0.493 e. The number of methoxy groups -OCH3 is 2. The summed E-state index contributed by atoms with van der Waals surface area (Å²) in [6.45, 7) is 7.77. The van der Waals surface area contributed by atoms with E-state index < -0.39 is 11.7 Å². The first-order valence-corrected chi connectivity index (χ1v) is 12.7. The molecule has 0 saturated carbocycles. The molecule has 0 aliphatic carbocycles. The lowest BCUT2D eigenvalue weighted by Crippen LogP contribution is -2.58. The Morgan fingerprint density at radius 2 is 1.85 bits per heavy atom. The summed E-state index contributed by atoms with van der Waals surface area (Å²) in [5, 5.41) is 3.05. The van der Waals surface area contributed by atoms with Gasteiger partial charge >= 0.3 is 6.09 Å². The van der Waals surface area contributed by atoms with E-state index in [9.17, 15) is 9.59 Å². The molecule has 182 valence electrons. The average molecular weight is 478 g/mol. The van der Waals surface area contributed by atoms with Crippen molar-refractivity contribution in [3.63, 3.8) is 0 Å². The van der Waals surface area contributed by atoms with Crippen LogP contribution in [0.5, 0.6) is 11.5 Å². The molecule has 9 heteroatoms. The molecule has 0 radical (unpaired) electrons. The van der Waals surface area contributed by atoms with Gasteiger partial charge in [-0.3, -0.25) is 9.69 Å². The molecule has 33 heavy (non-hydrogen) atoms. The summed E-state index contributed by atoms with van der Waals surface area (Å²) >= 11 is 1.77. The summed E-state index contributed by atoms with van der Waals surface area (Å²) in [6, 6.07) is 3.89. The number of fused-ring (bicyclic) bond motifs is 3. The van der Waals surface area contributed by atoms with Gasteiger partial charge in [0.1, 0.15) is 5.60 Å². The topological polar surface area (TPSA) is 80.3 Å². The lowest BCUT2D eigenvalue weighted by Gasteiger charge is -2.47. The standard InChI is InChI=1S/C24H35N3O5S/c1-24(2,3)32-23(29)25-18-12-19-16-11-21(31-5)20(30-4)10-15(16)6-7-26(19)13-17(18)22(28)27-8-9-33-14-27/h10-11,17-19H,6-9,12-14H2,1-5H3,(H,25,29). The van der Waals surface area contributed by atoms with Crippen LogP contribution < -0.4 is 14.8 Å². The summed E-state index contributed by atoms with van der Waals surface area (Å²) in [5.74, 6) is 2.93. The Morgan fingerprint density at radius 3 is 2.48 bits per heavy atom. The van der Waals surface area contributed by atoms with E-state index in [1.54, 1.807) is 26.0 Å². The highest BCUT2D eigenvalue weighted by Crippen LogP contribution is 2.43. The quantitative estimate of drug-likeness (QED) is 0.714. The van der Waals surface area contributed by atoms with Crippen LogP contribution in [-0.2, 0) is 16.0 Å². The third-order valence-corrected chi connectivity index (χ3v) is 7.56. The summed E-state index contributed by atoms with van der Waals surface area (Å²) in [4.78, 5) is 30.4. The molecule has 3 heterocycles. The molecule has 2 amide bonds. The van der Waals surface area contributed by atoms with Crippen molar-refractivity contribution in [1.29, 1.82) is 0 Å². The van der Waals surface area contributed by atoms with E-state index in [0.29, 0.717) is 18.7 Å². The van der Waals surface area contributed by atoms with Gasteiger partial charge in [0.15, 0.2) is 11.5 Å². The number of amides is 2. The first-order chi connectivity index (χ1) is 15.7. The zero-order valence-corrected chi connectivity index (χ0v) is 21.0. The van der Waals surface area contributed by atoms with Crippen molar-refractivity contribution in [1.82, 2.24) is 15.1 Å². The number of rotatable bonds is 4. The summed E-state index contributed by atoms with van der Waals surface area (Å²) < 4.78 is 16.6. The van der Waals surface area contributed by atoms with E-state index in [4.69, 9.17) is 14.2 Å². The van der Waals surface area contributed by atoms with Gasteiger partial charge in [-0.1, -0.05) is 0 Å². The minimum atomic E-state index is -0.600. The predicted octanol–water partition coefficient (Wildman–Crippen LogP) is 3.05. The van der Waals surface area contributed by atoms with Crippen LogP contribution in [0.15, 0.2) is 12.1 Å². The van der Waals surface area contributed by atoms with Crippen molar-refractivity contribution in [3.05, 3.63) is 23.3 Å². The number of hydrogen-bond donors (Lipinski definition) is 1. The van der Waals surface area contributed by atoms with Crippen LogP contribution in [0.25, 0.3) is 0 Å². The van der Waals surface area contributed by atoms with E-state index in [1.807, 2.05) is 25.7 Å². The molecule has 1 aromatic carbocycles. The summed E-state index contributed by atoms with van der Waals surface area (Å²) in [5.41, 5.74) is 1.81. The fourth-order valence-electron chi connectivity index (χ4n) is 5.05. The second-order valence-electron chi connectivity index (χ2n) is 9.90. The summed E-state index contributed by atoms with van der Waals surface area (Å²) in [6.07, 6.45) is 1.05. The zero-order chi connectivity index (χ0) is 23.8. The van der Waals surface area contributed by atoms with E-state index in [2.05, 4.69) is 22.3 Å². The van der Waals surface area contributed by atoms with Crippen LogP contribution in [0.4, 0.5) is 4.79 Å². The number of piperidine rings is 1. The largest absolute Gasteiger partial charge is 0.493 e. The molecular formula is C24H35N3O5S. The Bertz CT molecular complexity index is 897. The van der Waals surface area contributed by atoms with Gasteiger partial charge in [0.2, 0.25) is 5.91 Å². The molecule has 3 atom stereocenters. The molecule has 8 nitrogen and oxygen atoms in total. The zero-order valence-electron chi connectivity index (χ0n) is 20.2. The van der Waals surface area contributed by atoms with Crippen LogP contribution in [0.3, 0.4) is 0 Å². The second-order valence-corrected chi connectivity index (χ2v) is 11.0. The van der Waals surface area contributed by atoms with Gasteiger partial charge < -0.3 is 24.4 Å². The maximum Gasteiger partial charge on any atom is 0.407 e. The number of nitrogens with zero attached hydrogens (tertiary/aromatic N) is 2. The number of thioether (sulfide) groups is 1. The fraction of sp³-hybridized carbons (Fsp3) is 0.667. The molecule has 4 rings (SSSR count). The maximum absolute atomic E-state index is 13.4. The predicted molar refractivity (Wildman–Crippen MR) is 128 cm³/mol. The van der Waals surface area contributed by atoms with Crippen LogP contribution in [-0.4, -0.2) is 78.9 Å². The molecule has 1 N–H and O–H groups in total. The molecule has 1 aromatic rings. The average Bonchev–Trinajstić information content (AvgIpc) is 3.30. The van der Waals surface area contributed by atoms with Crippen molar-refractivity contribution in [2.45, 2.75) is 51.3 Å². The normalized spacial score (nSPS) is 25.1. The van der Waals surface area contributed by atoms with Crippen LogP contribution >= 0.6 is 11.8 Å². The first kappa shape index (κ1) is 24.0. The van der Waals surface area contributed by atoms with Crippen LogP contribution in [0, 0.1) is 5.92 Å². The number of ether oxygens (including phenoxy) is 3. The molecular weight excluding hydrogens is 442 g/mol. The highest BCUT2D eigenvalue weighted by Gasteiger charge is 2.44. The third-order valence-electron chi connectivity index (χ3n) is 6.59. The SMILES string of the molecule is COc1cc2c(cc1OC)C1CC(NC(=O)OC(C)(C)C)C(C(=O)N3CCSC3)CN1CC2. The molecule has 0 aromatic heterocycles. The van der Waals surface area contributed by atoms with Crippen molar-refractivity contribution < 1.29 is 23.8 Å². The number of carbonyl (C=O) groups excluding carboxylic acids is 2. The van der Waals surface area contributed by atoms with E-state index in [1.165, 1.54) is 11.1 Å². The molecule has 2 fully saturated rings. The van der Waals surface area contributed by atoms with Crippen molar-refractivity contribution in [3.8, 4) is 11.5 Å². The van der Waals surface area contributed by atoms with Gasteiger partial charge in [0, 0.05) is 37.5 Å². The lowest BCUT2D eigenvalue weighted by atomic mass is 9.80. The smallest absolute Gasteiger partial charge is 0.407 e. The number of nitrogens with one attached hydrogen (secondary N) is 1. The van der Waals surface area contributed by atoms with Gasteiger partial charge in [-0.15, -0.1) is 11.8 Å². The highest BCUT2D eigenvalue weighted by molar-refractivity contribution is 7.99. The van der Waals surface area contributed by atoms with Crippen molar-refractivity contribution in [2.75, 3.05) is 45.5 Å². The Balaban J connectivity index is 1.62. The molecule has 3 unspecified atom stereocenters. The molecule has 2 saturated heterocycles. The Labute approximate surface area is 200 Å². The second kappa shape index (κ2) is 9.62. The molecule has 3 aliphatic heterocycles. The van der Waals surface area contributed by atoms with Crippen molar-refractivity contribution >= 4 is 23.8 Å². The fourth-order valence-corrected chi connectivity index (χ4v) is 6.01. The Hall–Kier alpha value is -2.13. The van der Waals surface area contributed by atoms with Gasteiger partial charge in [0.25, 0.3) is 0 Å². The van der Waals surface area contributed by atoms with Crippen LogP contribution in [0.2, 0.25) is 0 Å². The van der Waals surface area contributed by atoms with Gasteiger partial charge in [-0.05, 0) is 56.9 Å². The highest BCUT2D eigenvalue weighted by atomic mass is 32.2. The number of hydrogen-bond acceptors (Lipinski definition) is 7. The van der Waals surface area contributed by atoms with Gasteiger partial charge in [-0.25, -0.2) is 4.79 Å². The van der Waals surface area contributed by atoms with Gasteiger partial charge in [-0.2, -0.15) is 0 Å². The summed E-state index contributed by atoms with van der Waals surface area (Å²) in [7, 11) is 3.29. The molecule has 0 bridgehead atoms. The lowest BCUT2D eigenvalue weighted by molar-refractivity contribution is -0.137. The number of alkyl carbamates (subject to hydrolysis) is 1. The minimum absolute atomic E-state index is 0.0884. The van der Waals surface area contributed by atoms with Crippen LogP contribution in [0.1, 0.15) is 44.4 Å². The molecule has 0 spiro atoms. The third kappa shape index (κ3) is 5.19. The van der Waals surface area contributed by atoms with Crippen molar-refractivity contribution in [2.24, 2.45) is 5.92 Å². The molecule has 3 aliphatic rings. The van der Waals surface area contributed by atoms with E-state index in [0.717, 1.165) is 36.9 Å². The van der Waals surface area contributed by atoms with Gasteiger partial charge in [0.05, 0.1) is 26.0 Å². The number of benzene rings is 1. The first-order valence-electron chi connectivity index (χ1n) is 11.5. The monoisotopic (exact) mass is 477 g/mol. The van der Waals surface area contributed by atoms with E-state index in [-0.39, 0.29) is 23.9 Å². The number of carbonyl (C=O) groups is 2. The Morgan fingerprint density at radius 1 is 1.12 bits per heavy atom.